The third kappa shape index (κ3) is 5.84. The average molecular weight is 242 g/mol. The van der Waals surface area contributed by atoms with E-state index in [1.165, 1.54) is 13.0 Å². The summed E-state index contributed by atoms with van der Waals surface area (Å²) in [6.07, 6.45) is 1.26. The highest BCUT2D eigenvalue weighted by Crippen LogP contribution is 2.11. The lowest BCUT2D eigenvalue weighted by atomic mass is 9.97. The molecule has 1 N–H and O–H groups in total. The first-order valence-electron chi connectivity index (χ1n) is 7.17. The van der Waals surface area contributed by atoms with Crippen molar-refractivity contribution < 1.29 is 4.74 Å². The van der Waals surface area contributed by atoms with Gasteiger partial charge in [0.05, 0.1) is 6.61 Å². The quantitative estimate of drug-likeness (QED) is 0.691. The molecule has 1 heterocycles. The standard InChI is InChI=1S/C14H30N2O/c1-5-13(4)14-10-16(7-6-15-14)8-9-17-11-12(2)3/h12-15H,5-11H2,1-4H3. The first-order valence-corrected chi connectivity index (χ1v) is 7.17. The Bertz CT molecular complexity index is 197. The van der Waals surface area contributed by atoms with E-state index in [0.29, 0.717) is 12.0 Å². The molecule has 17 heavy (non-hydrogen) atoms. The van der Waals surface area contributed by atoms with Crippen molar-refractivity contribution in [2.24, 2.45) is 11.8 Å². The molecule has 1 saturated heterocycles. The molecule has 0 bridgehead atoms. The van der Waals surface area contributed by atoms with Crippen LogP contribution in [0.15, 0.2) is 0 Å². The SMILES string of the molecule is CCC(C)C1CN(CCOCC(C)C)CCN1. The number of piperazine rings is 1. The van der Waals surface area contributed by atoms with E-state index in [4.69, 9.17) is 4.74 Å². The van der Waals surface area contributed by atoms with Crippen molar-refractivity contribution in [3.63, 3.8) is 0 Å². The number of nitrogens with zero attached hydrogens (tertiary/aromatic N) is 1. The molecule has 1 aliphatic heterocycles. The van der Waals surface area contributed by atoms with Crippen LogP contribution < -0.4 is 5.32 Å². The van der Waals surface area contributed by atoms with Gasteiger partial charge in [0.1, 0.15) is 0 Å². The van der Waals surface area contributed by atoms with Crippen LogP contribution >= 0.6 is 0 Å². The molecule has 3 nitrogen and oxygen atoms in total. The normalized spacial score (nSPS) is 24.2. The van der Waals surface area contributed by atoms with Crippen molar-refractivity contribution in [2.45, 2.75) is 40.2 Å². The lowest BCUT2D eigenvalue weighted by Crippen LogP contribution is -2.53. The van der Waals surface area contributed by atoms with Gasteiger partial charge in [-0.25, -0.2) is 0 Å². The lowest BCUT2D eigenvalue weighted by molar-refractivity contribution is 0.0719. The maximum absolute atomic E-state index is 5.66. The molecule has 1 fully saturated rings. The van der Waals surface area contributed by atoms with Crippen LogP contribution in [-0.2, 0) is 4.74 Å². The Morgan fingerprint density at radius 3 is 2.76 bits per heavy atom. The number of ether oxygens (including phenoxy) is 1. The third-order valence-electron chi connectivity index (χ3n) is 3.62. The highest BCUT2D eigenvalue weighted by molar-refractivity contribution is 4.81. The summed E-state index contributed by atoms with van der Waals surface area (Å²) in [4.78, 5) is 2.54. The summed E-state index contributed by atoms with van der Waals surface area (Å²) in [5, 5.41) is 3.63. The van der Waals surface area contributed by atoms with Gasteiger partial charge < -0.3 is 10.1 Å². The van der Waals surface area contributed by atoms with Crippen molar-refractivity contribution in [2.75, 3.05) is 39.4 Å². The van der Waals surface area contributed by atoms with Gasteiger partial charge in [0.25, 0.3) is 0 Å². The largest absolute Gasteiger partial charge is 0.380 e. The van der Waals surface area contributed by atoms with Gasteiger partial charge in [-0.1, -0.05) is 34.1 Å². The predicted molar refractivity (Wildman–Crippen MR) is 73.3 cm³/mol. The highest BCUT2D eigenvalue weighted by Gasteiger charge is 2.22. The first-order chi connectivity index (χ1) is 8.13. The van der Waals surface area contributed by atoms with E-state index in [9.17, 15) is 0 Å². The van der Waals surface area contributed by atoms with Crippen LogP contribution in [0.4, 0.5) is 0 Å². The van der Waals surface area contributed by atoms with Gasteiger partial charge in [-0.2, -0.15) is 0 Å². The number of nitrogens with one attached hydrogen (secondary N) is 1. The fourth-order valence-electron chi connectivity index (χ4n) is 2.22. The van der Waals surface area contributed by atoms with E-state index in [1.54, 1.807) is 0 Å². The van der Waals surface area contributed by atoms with E-state index in [1.807, 2.05) is 0 Å². The molecule has 1 aliphatic rings. The minimum atomic E-state index is 0.644. The van der Waals surface area contributed by atoms with Gasteiger partial charge in [-0.3, -0.25) is 4.90 Å². The molecule has 2 atom stereocenters. The predicted octanol–water partition coefficient (Wildman–Crippen LogP) is 1.98. The van der Waals surface area contributed by atoms with Crippen LogP contribution in [0.1, 0.15) is 34.1 Å². The first kappa shape index (κ1) is 14.9. The smallest absolute Gasteiger partial charge is 0.0593 e. The molecule has 0 radical (unpaired) electrons. The summed E-state index contributed by atoms with van der Waals surface area (Å²) in [6.45, 7) is 15.3. The minimum Gasteiger partial charge on any atom is -0.380 e. The van der Waals surface area contributed by atoms with Gasteiger partial charge in [-0.15, -0.1) is 0 Å². The van der Waals surface area contributed by atoms with Crippen LogP contribution in [0, 0.1) is 11.8 Å². The molecule has 2 unspecified atom stereocenters. The van der Waals surface area contributed by atoms with E-state index >= 15 is 0 Å². The Hall–Kier alpha value is -0.120. The summed E-state index contributed by atoms with van der Waals surface area (Å²) in [7, 11) is 0. The highest BCUT2D eigenvalue weighted by atomic mass is 16.5. The Morgan fingerprint density at radius 1 is 1.35 bits per heavy atom. The van der Waals surface area contributed by atoms with Gasteiger partial charge in [0.2, 0.25) is 0 Å². The summed E-state index contributed by atoms with van der Waals surface area (Å²) < 4.78 is 5.66. The maximum atomic E-state index is 5.66. The minimum absolute atomic E-state index is 0.644. The molecule has 3 heteroatoms. The van der Waals surface area contributed by atoms with E-state index in [0.717, 1.165) is 38.8 Å². The van der Waals surface area contributed by atoms with Crippen molar-refractivity contribution in [1.82, 2.24) is 10.2 Å². The maximum Gasteiger partial charge on any atom is 0.0593 e. The zero-order chi connectivity index (χ0) is 12.7. The topological polar surface area (TPSA) is 24.5 Å². The van der Waals surface area contributed by atoms with E-state index in [2.05, 4.69) is 37.9 Å². The van der Waals surface area contributed by atoms with Gasteiger partial charge in [0.15, 0.2) is 0 Å². The molecule has 0 aromatic rings. The van der Waals surface area contributed by atoms with Crippen molar-refractivity contribution in [1.29, 1.82) is 0 Å². The Morgan fingerprint density at radius 2 is 2.12 bits per heavy atom. The molecule has 0 amide bonds. The van der Waals surface area contributed by atoms with Crippen molar-refractivity contribution >= 4 is 0 Å². The fraction of sp³-hybridized carbons (Fsp3) is 1.00. The van der Waals surface area contributed by atoms with Crippen LogP contribution in [0.3, 0.4) is 0 Å². The second-order valence-electron chi connectivity index (χ2n) is 5.72. The zero-order valence-corrected chi connectivity index (χ0v) is 12.0. The molecule has 0 aromatic heterocycles. The lowest BCUT2D eigenvalue weighted by Gasteiger charge is -2.36. The molecule has 1 rings (SSSR count). The number of hydrogen-bond acceptors (Lipinski definition) is 3. The van der Waals surface area contributed by atoms with Crippen LogP contribution in [0.5, 0.6) is 0 Å². The van der Waals surface area contributed by atoms with Crippen molar-refractivity contribution in [3.8, 4) is 0 Å². The van der Waals surface area contributed by atoms with Gasteiger partial charge >= 0.3 is 0 Å². The summed E-state index contributed by atoms with van der Waals surface area (Å²) in [5.41, 5.74) is 0. The monoisotopic (exact) mass is 242 g/mol. The van der Waals surface area contributed by atoms with E-state index < -0.39 is 0 Å². The molecule has 0 aliphatic carbocycles. The summed E-state index contributed by atoms with van der Waals surface area (Å²) >= 11 is 0. The molecular formula is C14H30N2O. The molecular weight excluding hydrogens is 212 g/mol. The Labute approximate surface area is 107 Å². The summed E-state index contributed by atoms with van der Waals surface area (Å²) in [5.74, 6) is 1.42. The van der Waals surface area contributed by atoms with Crippen LogP contribution in [0.2, 0.25) is 0 Å². The fourth-order valence-corrected chi connectivity index (χ4v) is 2.22. The average Bonchev–Trinajstić information content (AvgIpc) is 2.34. The third-order valence-corrected chi connectivity index (χ3v) is 3.62. The molecule has 102 valence electrons. The van der Waals surface area contributed by atoms with E-state index in [-0.39, 0.29) is 0 Å². The van der Waals surface area contributed by atoms with Crippen LogP contribution in [0.25, 0.3) is 0 Å². The summed E-state index contributed by atoms with van der Waals surface area (Å²) in [6, 6.07) is 0.666. The Balaban J connectivity index is 2.16. The second kappa shape index (κ2) is 8.06. The molecule has 0 spiro atoms. The number of hydrogen-bond donors (Lipinski definition) is 1. The molecule has 0 aromatic carbocycles. The van der Waals surface area contributed by atoms with Gasteiger partial charge in [0, 0.05) is 38.8 Å². The second-order valence-corrected chi connectivity index (χ2v) is 5.72. The van der Waals surface area contributed by atoms with Crippen molar-refractivity contribution in [3.05, 3.63) is 0 Å². The van der Waals surface area contributed by atoms with Gasteiger partial charge in [-0.05, 0) is 11.8 Å². The molecule has 0 saturated carbocycles. The number of rotatable bonds is 7. The zero-order valence-electron chi connectivity index (χ0n) is 12.0. The van der Waals surface area contributed by atoms with Crippen LogP contribution in [-0.4, -0.2) is 50.3 Å². The Kier molecular flexibility index (Phi) is 7.09.